The van der Waals surface area contributed by atoms with Crippen LogP contribution in [0.4, 0.5) is 0 Å². The van der Waals surface area contributed by atoms with Crippen molar-refractivity contribution in [3.8, 4) is 0 Å². The summed E-state index contributed by atoms with van der Waals surface area (Å²) in [6.45, 7) is 3.75. The van der Waals surface area contributed by atoms with Gasteiger partial charge in [0.1, 0.15) is 4.33 Å². The molecule has 1 aliphatic carbocycles. The molecule has 1 amide bonds. The average molecular weight is 321 g/mol. The standard InChI is InChI=1S/C14H16Cl3NO/c1-9(7-10-3-5-11(15)6-4-10)18-12(19)13(2)8-14(13,16)17/h3-6,9H,7-8H2,1-2H3,(H,18,19)/t9-,13-/m0/s1. The molecular formula is C14H16Cl3NO. The second kappa shape index (κ2) is 5.16. The molecule has 2 nitrogen and oxygen atoms in total. The molecule has 0 aliphatic heterocycles. The van der Waals surface area contributed by atoms with Crippen molar-refractivity contribution >= 4 is 40.7 Å². The zero-order valence-corrected chi connectivity index (χ0v) is 13.1. The molecule has 1 aromatic rings. The Morgan fingerprint density at radius 2 is 1.89 bits per heavy atom. The monoisotopic (exact) mass is 319 g/mol. The molecular weight excluding hydrogens is 305 g/mol. The van der Waals surface area contributed by atoms with Crippen LogP contribution in [0.15, 0.2) is 24.3 Å². The second-order valence-electron chi connectivity index (χ2n) is 5.42. The molecule has 0 unspecified atom stereocenters. The van der Waals surface area contributed by atoms with E-state index in [2.05, 4.69) is 5.32 Å². The smallest absolute Gasteiger partial charge is 0.229 e. The lowest BCUT2D eigenvalue weighted by Crippen LogP contribution is -2.40. The van der Waals surface area contributed by atoms with Crippen molar-refractivity contribution in [3.05, 3.63) is 34.9 Å². The first-order valence-corrected chi connectivity index (χ1v) is 7.31. The Hall–Kier alpha value is -0.440. The molecule has 1 aliphatic rings. The number of nitrogens with one attached hydrogen (secondary N) is 1. The Bertz CT molecular complexity index is 486. The van der Waals surface area contributed by atoms with Crippen LogP contribution in [0.3, 0.4) is 0 Å². The van der Waals surface area contributed by atoms with Crippen LogP contribution in [0.2, 0.25) is 5.02 Å². The summed E-state index contributed by atoms with van der Waals surface area (Å²) in [4.78, 5) is 12.1. The number of carbonyl (C=O) groups is 1. The maximum Gasteiger partial charge on any atom is 0.229 e. The Kier molecular flexibility index (Phi) is 4.06. The zero-order valence-electron chi connectivity index (χ0n) is 10.8. The topological polar surface area (TPSA) is 29.1 Å². The van der Waals surface area contributed by atoms with Gasteiger partial charge in [-0.1, -0.05) is 23.7 Å². The lowest BCUT2D eigenvalue weighted by Gasteiger charge is -2.18. The predicted molar refractivity (Wildman–Crippen MR) is 79.9 cm³/mol. The molecule has 0 saturated heterocycles. The van der Waals surface area contributed by atoms with Gasteiger partial charge >= 0.3 is 0 Å². The number of hydrogen-bond acceptors (Lipinski definition) is 1. The molecule has 1 N–H and O–H groups in total. The summed E-state index contributed by atoms with van der Waals surface area (Å²) in [5.74, 6) is -0.0843. The maximum absolute atomic E-state index is 12.1. The van der Waals surface area contributed by atoms with Gasteiger partial charge in [0.2, 0.25) is 5.91 Å². The SMILES string of the molecule is C[C@@H](Cc1ccc(Cl)cc1)NC(=O)[C@]1(C)CC1(Cl)Cl. The number of carbonyl (C=O) groups excluding carboxylic acids is 1. The largest absolute Gasteiger partial charge is 0.353 e. The van der Waals surface area contributed by atoms with Crippen LogP contribution < -0.4 is 5.32 Å². The van der Waals surface area contributed by atoms with Crippen molar-refractivity contribution in [2.24, 2.45) is 5.41 Å². The van der Waals surface area contributed by atoms with E-state index in [-0.39, 0.29) is 11.9 Å². The molecule has 104 valence electrons. The molecule has 1 saturated carbocycles. The fourth-order valence-electron chi connectivity index (χ4n) is 2.05. The highest BCUT2D eigenvalue weighted by Crippen LogP contribution is 2.63. The van der Waals surface area contributed by atoms with Gasteiger partial charge in [-0.25, -0.2) is 0 Å². The molecule has 2 atom stereocenters. The van der Waals surface area contributed by atoms with E-state index in [0.717, 1.165) is 12.0 Å². The van der Waals surface area contributed by atoms with Gasteiger partial charge in [-0.2, -0.15) is 0 Å². The molecule has 0 bridgehead atoms. The minimum absolute atomic E-state index is 0.0234. The number of hydrogen-bond donors (Lipinski definition) is 1. The third kappa shape index (κ3) is 3.18. The van der Waals surface area contributed by atoms with Crippen molar-refractivity contribution in [1.82, 2.24) is 5.32 Å². The zero-order chi connectivity index (χ0) is 14.3. The Morgan fingerprint density at radius 1 is 1.37 bits per heavy atom. The Balaban J connectivity index is 1.90. The van der Waals surface area contributed by atoms with Crippen molar-refractivity contribution in [1.29, 1.82) is 0 Å². The van der Waals surface area contributed by atoms with E-state index in [0.29, 0.717) is 11.4 Å². The molecule has 0 heterocycles. The fourth-order valence-corrected chi connectivity index (χ4v) is 2.89. The minimum Gasteiger partial charge on any atom is -0.353 e. The van der Waals surface area contributed by atoms with E-state index in [1.807, 2.05) is 31.2 Å². The highest BCUT2D eigenvalue weighted by atomic mass is 35.5. The van der Waals surface area contributed by atoms with Gasteiger partial charge in [0.05, 0.1) is 5.41 Å². The normalized spacial score (nSPS) is 25.7. The van der Waals surface area contributed by atoms with E-state index >= 15 is 0 Å². The number of alkyl halides is 2. The molecule has 0 aromatic heterocycles. The van der Waals surface area contributed by atoms with Crippen LogP contribution in [0.25, 0.3) is 0 Å². The number of benzene rings is 1. The third-order valence-corrected chi connectivity index (χ3v) is 4.95. The molecule has 1 fully saturated rings. The van der Waals surface area contributed by atoms with E-state index in [4.69, 9.17) is 34.8 Å². The van der Waals surface area contributed by atoms with Crippen LogP contribution in [0.5, 0.6) is 0 Å². The first-order chi connectivity index (χ1) is 8.74. The van der Waals surface area contributed by atoms with E-state index in [1.54, 1.807) is 6.92 Å². The summed E-state index contributed by atoms with van der Waals surface area (Å²) in [5, 5.41) is 3.67. The quantitative estimate of drug-likeness (QED) is 0.836. The van der Waals surface area contributed by atoms with Crippen molar-refractivity contribution in [3.63, 3.8) is 0 Å². The molecule has 5 heteroatoms. The van der Waals surface area contributed by atoms with Gasteiger partial charge in [0, 0.05) is 11.1 Å². The minimum atomic E-state index is -0.920. The van der Waals surface area contributed by atoms with Crippen molar-refractivity contribution in [2.45, 2.75) is 37.1 Å². The molecule has 0 spiro atoms. The van der Waals surface area contributed by atoms with Crippen LogP contribution in [-0.4, -0.2) is 16.3 Å². The van der Waals surface area contributed by atoms with Crippen molar-refractivity contribution in [2.75, 3.05) is 0 Å². The first-order valence-electron chi connectivity index (χ1n) is 6.18. The second-order valence-corrected chi connectivity index (χ2v) is 7.34. The summed E-state index contributed by atoms with van der Waals surface area (Å²) in [6.07, 6.45) is 1.25. The summed E-state index contributed by atoms with van der Waals surface area (Å²) < 4.78 is -0.920. The lowest BCUT2D eigenvalue weighted by atomic mass is 10.0. The van der Waals surface area contributed by atoms with Crippen LogP contribution in [0, 0.1) is 5.41 Å². The number of halogens is 3. The van der Waals surface area contributed by atoms with Gasteiger partial charge in [0.15, 0.2) is 0 Å². The molecule has 0 radical (unpaired) electrons. The maximum atomic E-state index is 12.1. The molecule has 1 aromatic carbocycles. The average Bonchev–Trinajstić information content (AvgIpc) is 2.83. The van der Waals surface area contributed by atoms with Gasteiger partial charge in [-0.3, -0.25) is 4.79 Å². The Morgan fingerprint density at radius 3 is 2.37 bits per heavy atom. The summed E-state index contributed by atoms with van der Waals surface area (Å²) in [7, 11) is 0. The third-order valence-electron chi connectivity index (χ3n) is 3.59. The van der Waals surface area contributed by atoms with Gasteiger partial charge in [0.25, 0.3) is 0 Å². The van der Waals surface area contributed by atoms with E-state index < -0.39 is 9.75 Å². The number of amides is 1. The highest BCUT2D eigenvalue weighted by molar-refractivity contribution is 6.53. The van der Waals surface area contributed by atoms with Crippen LogP contribution in [-0.2, 0) is 11.2 Å². The van der Waals surface area contributed by atoms with Gasteiger partial charge in [-0.05, 0) is 44.4 Å². The highest BCUT2D eigenvalue weighted by Gasteiger charge is 2.67. The molecule has 2 rings (SSSR count). The van der Waals surface area contributed by atoms with Gasteiger partial charge < -0.3 is 5.32 Å². The van der Waals surface area contributed by atoms with Crippen LogP contribution >= 0.6 is 34.8 Å². The number of rotatable bonds is 4. The lowest BCUT2D eigenvalue weighted by molar-refractivity contribution is -0.126. The van der Waals surface area contributed by atoms with Gasteiger partial charge in [-0.15, -0.1) is 23.2 Å². The van der Waals surface area contributed by atoms with Crippen molar-refractivity contribution < 1.29 is 4.79 Å². The summed E-state index contributed by atoms with van der Waals surface area (Å²) in [5.41, 5.74) is 0.464. The Labute approximate surface area is 128 Å². The van der Waals surface area contributed by atoms with E-state index in [9.17, 15) is 4.79 Å². The van der Waals surface area contributed by atoms with E-state index in [1.165, 1.54) is 0 Å². The first kappa shape index (κ1) is 15.0. The molecule has 19 heavy (non-hydrogen) atoms. The predicted octanol–water partition coefficient (Wildman–Crippen LogP) is 3.97. The fraction of sp³-hybridized carbons (Fsp3) is 0.500. The summed E-state index contributed by atoms with van der Waals surface area (Å²) in [6, 6.07) is 7.62. The van der Waals surface area contributed by atoms with Crippen LogP contribution in [0.1, 0.15) is 25.8 Å². The summed E-state index contributed by atoms with van der Waals surface area (Å²) >= 11 is 17.8.